The van der Waals surface area contributed by atoms with Gasteiger partial charge in [-0.15, -0.1) is 0 Å². The maximum atomic E-state index is 12.8. The molecule has 5 heteroatoms. The number of nitrogens with one attached hydrogen (secondary N) is 1. The molecule has 1 N–H and O–H groups in total. The molecule has 1 amide bonds. The zero-order valence-electron chi connectivity index (χ0n) is 8.22. The van der Waals surface area contributed by atoms with Gasteiger partial charge < -0.3 is 10.1 Å². The van der Waals surface area contributed by atoms with Gasteiger partial charge in [0.2, 0.25) is 0 Å². The largest absolute Gasteiger partial charge is 0.383 e. The molecule has 0 aliphatic rings. The van der Waals surface area contributed by atoms with Crippen molar-refractivity contribution in [3.05, 3.63) is 33.1 Å². The number of rotatable bonds is 4. The summed E-state index contributed by atoms with van der Waals surface area (Å²) >= 11 is 1.93. The van der Waals surface area contributed by atoms with Gasteiger partial charge in [0.15, 0.2) is 0 Å². The van der Waals surface area contributed by atoms with Gasteiger partial charge in [0.25, 0.3) is 5.91 Å². The first kappa shape index (κ1) is 12.4. The van der Waals surface area contributed by atoms with Gasteiger partial charge in [0.1, 0.15) is 5.82 Å². The Bertz CT molecular complexity index is 357. The van der Waals surface area contributed by atoms with Crippen LogP contribution in [0, 0.1) is 9.39 Å². The van der Waals surface area contributed by atoms with E-state index in [4.69, 9.17) is 4.74 Å². The van der Waals surface area contributed by atoms with Crippen LogP contribution in [0.15, 0.2) is 18.2 Å². The van der Waals surface area contributed by atoms with Gasteiger partial charge in [-0.3, -0.25) is 4.79 Å². The summed E-state index contributed by atoms with van der Waals surface area (Å²) in [6.45, 7) is 0.909. The Morgan fingerprint density at radius 3 is 2.93 bits per heavy atom. The van der Waals surface area contributed by atoms with Crippen LogP contribution in [0.3, 0.4) is 0 Å². The van der Waals surface area contributed by atoms with Crippen LogP contribution < -0.4 is 5.32 Å². The highest BCUT2D eigenvalue weighted by Crippen LogP contribution is 2.13. The first-order valence-electron chi connectivity index (χ1n) is 4.37. The molecule has 0 atom stereocenters. The predicted molar refractivity (Wildman–Crippen MR) is 63.3 cm³/mol. The van der Waals surface area contributed by atoms with Crippen molar-refractivity contribution >= 4 is 28.5 Å². The number of methoxy groups -OCH3 is 1. The SMILES string of the molecule is COCCNC(=O)c1ccc(F)cc1I. The van der Waals surface area contributed by atoms with E-state index in [2.05, 4.69) is 5.32 Å². The molecule has 0 saturated heterocycles. The molecular formula is C10H11FINO2. The van der Waals surface area contributed by atoms with E-state index in [1.165, 1.54) is 18.2 Å². The third-order valence-electron chi connectivity index (χ3n) is 1.77. The summed E-state index contributed by atoms with van der Waals surface area (Å²) in [5.74, 6) is -0.552. The van der Waals surface area contributed by atoms with Gasteiger partial charge in [-0.2, -0.15) is 0 Å². The Balaban J connectivity index is 2.65. The quantitative estimate of drug-likeness (QED) is 0.678. The lowest BCUT2D eigenvalue weighted by Gasteiger charge is -2.06. The number of hydrogen-bond donors (Lipinski definition) is 1. The Morgan fingerprint density at radius 2 is 2.33 bits per heavy atom. The first-order valence-corrected chi connectivity index (χ1v) is 5.45. The fourth-order valence-electron chi connectivity index (χ4n) is 1.04. The molecule has 0 radical (unpaired) electrons. The van der Waals surface area contributed by atoms with E-state index in [9.17, 15) is 9.18 Å². The van der Waals surface area contributed by atoms with Crippen LogP contribution in [-0.2, 0) is 4.74 Å². The van der Waals surface area contributed by atoms with Crippen LogP contribution >= 0.6 is 22.6 Å². The van der Waals surface area contributed by atoms with Crippen molar-refractivity contribution in [1.82, 2.24) is 5.32 Å². The van der Waals surface area contributed by atoms with Gasteiger partial charge in [0.05, 0.1) is 12.2 Å². The average molecular weight is 323 g/mol. The summed E-state index contributed by atoms with van der Waals surface area (Å²) in [5.41, 5.74) is 0.480. The molecule has 1 aromatic carbocycles. The van der Waals surface area contributed by atoms with E-state index in [1.54, 1.807) is 7.11 Å². The molecule has 3 nitrogen and oxygen atoms in total. The number of carbonyl (C=O) groups excluding carboxylic acids is 1. The van der Waals surface area contributed by atoms with Crippen LogP contribution in [0.25, 0.3) is 0 Å². The summed E-state index contributed by atoms with van der Waals surface area (Å²) in [4.78, 5) is 11.6. The van der Waals surface area contributed by atoms with Crippen LogP contribution in [0.5, 0.6) is 0 Å². The molecule has 0 aromatic heterocycles. The Hall–Kier alpha value is -0.690. The Kier molecular flexibility index (Phi) is 4.97. The van der Waals surface area contributed by atoms with Gasteiger partial charge in [-0.1, -0.05) is 0 Å². The van der Waals surface area contributed by atoms with Crippen LogP contribution in [0.4, 0.5) is 4.39 Å². The van der Waals surface area contributed by atoms with E-state index in [0.29, 0.717) is 22.3 Å². The maximum absolute atomic E-state index is 12.8. The normalized spacial score (nSPS) is 10.1. The highest BCUT2D eigenvalue weighted by molar-refractivity contribution is 14.1. The lowest BCUT2D eigenvalue weighted by Crippen LogP contribution is -2.27. The molecule has 0 aliphatic carbocycles. The molecule has 82 valence electrons. The van der Waals surface area contributed by atoms with Crippen molar-refractivity contribution in [2.45, 2.75) is 0 Å². The van der Waals surface area contributed by atoms with Crippen molar-refractivity contribution in [3.8, 4) is 0 Å². The predicted octanol–water partition coefficient (Wildman–Crippen LogP) is 1.81. The zero-order valence-corrected chi connectivity index (χ0v) is 10.4. The lowest BCUT2D eigenvalue weighted by atomic mass is 10.2. The molecule has 0 fully saturated rings. The highest BCUT2D eigenvalue weighted by Gasteiger charge is 2.09. The van der Waals surface area contributed by atoms with Crippen molar-refractivity contribution in [3.63, 3.8) is 0 Å². The summed E-state index contributed by atoms with van der Waals surface area (Å²) < 4.78 is 18.2. The molecule has 0 bridgehead atoms. The van der Waals surface area contributed by atoms with E-state index in [1.807, 2.05) is 22.6 Å². The molecule has 0 heterocycles. The molecule has 0 aliphatic heterocycles. The van der Waals surface area contributed by atoms with E-state index in [-0.39, 0.29) is 11.7 Å². The zero-order chi connectivity index (χ0) is 11.3. The number of carbonyl (C=O) groups is 1. The fourth-order valence-corrected chi connectivity index (χ4v) is 1.76. The minimum absolute atomic E-state index is 0.212. The number of halogens is 2. The second-order valence-electron chi connectivity index (χ2n) is 2.87. The monoisotopic (exact) mass is 323 g/mol. The second-order valence-corrected chi connectivity index (χ2v) is 4.04. The second kappa shape index (κ2) is 6.02. The van der Waals surface area contributed by atoms with Gasteiger partial charge >= 0.3 is 0 Å². The van der Waals surface area contributed by atoms with Crippen LogP contribution in [0.2, 0.25) is 0 Å². The third-order valence-corrected chi connectivity index (χ3v) is 2.66. The third kappa shape index (κ3) is 3.75. The van der Waals surface area contributed by atoms with Gasteiger partial charge in [-0.05, 0) is 40.8 Å². The number of ether oxygens (including phenoxy) is 1. The lowest BCUT2D eigenvalue weighted by molar-refractivity contribution is 0.0936. The molecule has 1 aromatic rings. The fraction of sp³-hybridized carbons (Fsp3) is 0.300. The number of amides is 1. The van der Waals surface area contributed by atoms with Gasteiger partial charge in [0, 0.05) is 17.2 Å². The van der Waals surface area contributed by atoms with Crippen LogP contribution in [-0.4, -0.2) is 26.2 Å². The van der Waals surface area contributed by atoms with Crippen molar-refractivity contribution in [2.75, 3.05) is 20.3 Å². The molecule has 15 heavy (non-hydrogen) atoms. The van der Waals surface area contributed by atoms with Crippen molar-refractivity contribution < 1.29 is 13.9 Å². The van der Waals surface area contributed by atoms with Gasteiger partial charge in [-0.25, -0.2) is 4.39 Å². The number of hydrogen-bond acceptors (Lipinski definition) is 2. The first-order chi connectivity index (χ1) is 7.15. The van der Waals surface area contributed by atoms with E-state index < -0.39 is 0 Å². The molecule has 0 unspecified atom stereocenters. The summed E-state index contributed by atoms with van der Waals surface area (Å²) in [6.07, 6.45) is 0. The number of benzene rings is 1. The molecule has 0 saturated carbocycles. The average Bonchev–Trinajstić information content (AvgIpc) is 2.17. The van der Waals surface area contributed by atoms with E-state index >= 15 is 0 Å². The maximum Gasteiger partial charge on any atom is 0.252 e. The smallest absolute Gasteiger partial charge is 0.252 e. The topological polar surface area (TPSA) is 38.3 Å². The summed E-state index contributed by atoms with van der Waals surface area (Å²) in [5, 5.41) is 2.67. The standard InChI is InChI=1S/C10H11FINO2/c1-15-5-4-13-10(14)8-3-2-7(11)6-9(8)12/h2-3,6H,4-5H2,1H3,(H,13,14). The summed E-state index contributed by atoms with van der Waals surface area (Å²) in [6, 6.07) is 4.07. The summed E-state index contributed by atoms with van der Waals surface area (Å²) in [7, 11) is 1.56. The molecule has 1 rings (SSSR count). The molecule has 0 spiro atoms. The van der Waals surface area contributed by atoms with E-state index in [0.717, 1.165) is 0 Å². The minimum Gasteiger partial charge on any atom is -0.383 e. The Morgan fingerprint density at radius 1 is 1.60 bits per heavy atom. The highest BCUT2D eigenvalue weighted by atomic mass is 127. The van der Waals surface area contributed by atoms with Crippen molar-refractivity contribution in [1.29, 1.82) is 0 Å². The Labute approximate surface area is 101 Å². The minimum atomic E-state index is -0.340. The van der Waals surface area contributed by atoms with Crippen molar-refractivity contribution in [2.24, 2.45) is 0 Å². The van der Waals surface area contributed by atoms with Crippen LogP contribution in [0.1, 0.15) is 10.4 Å². The molecular weight excluding hydrogens is 312 g/mol.